The first-order valence-electron chi connectivity index (χ1n) is 8.01. The van der Waals surface area contributed by atoms with Crippen LogP contribution in [0.2, 0.25) is 0 Å². The number of aliphatic carboxylic acids is 1. The van der Waals surface area contributed by atoms with Crippen molar-refractivity contribution in [3.63, 3.8) is 0 Å². The second-order valence-electron chi connectivity index (χ2n) is 6.22. The average Bonchev–Trinajstić information content (AvgIpc) is 3.29. The predicted octanol–water partition coefficient (Wildman–Crippen LogP) is 3.11. The lowest BCUT2D eigenvalue weighted by molar-refractivity contribution is -0.137. The summed E-state index contributed by atoms with van der Waals surface area (Å²) in [4.78, 5) is 28.1. The van der Waals surface area contributed by atoms with Gasteiger partial charge in [0.25, 0.3) is 5.91 Å². The molecular weight excluding hydrogens is 308 g/mol. The molecule has 1 aromatic heterocycles. The summed E-state index contributed by atoms with van der Waals surface area (Å²) in [6.45, 7) is 3.62. The maximum absolute atomic E-state index is 12.6. The van der Waals surface area contributed by atoms with Crippen LogP contribution < -0.4 is 5.32 Å². The molecule has 0 spiro atoms. The highest BCUT2D eigenvalue weighted by Gasteiger charge is 2.31. The van der Waals surface area contributed by atoms with Gasteiger partial charge >= 0.3 is 5.97 Å². The highest BCUT2D eigenvalue weighted by atomic mass is 16.4. The van der Waals surface area contributed by atoms with Gasteiger partial charge in [0, 0.05) is 5.92 Å². The van der Waals surface area contributed by atoms with Gasteiger partial charge in [0.05, 0.1) is 18.2 Å². The van der Waals surface area contributed by atoms with E-state index in [1.54, 1.807) is 6.92 Å². The second kappa shape index (κ2) is 6.47. The van der Waals surface area contributed by atoms with Gasteiger partial charge in [-0.3, -0.25) is 9.59 Å². The Morgan fingerprint density at radius 2 is 2.04 bits per heavy atom. The Hall–Kier alpha value is -2.63. The number of carbonyl (C=O) groups is 2. The van der Waals surface area contributed by atoms with Crippen LogP contribution in [-0.4, -0.2) is 22.0 Å². The van der Waals surface area contributed by atoms with Gasteiger partial charge in [0.2, 0.25) is 5.76 Å². The number of nitrogens with one attached hydrogen (secondary N) is 1. The first kappa shape index (κ1) is 16.2. The first-order valence-corrected chi connectivity index (χ1v) is 8.01. The minimum atomic E-state index is -0.975. The molecule has 1 fully saturated rings. The van der Waals surface area contributed by atoms with Crippen molar-refractivity contribution in [3.05, 3.63) is 52.7 Å². The first-order chi connectivity index (χ1) is 11.5. The smallest absolute Gasteiger partial charge is 0.305 e. The Balaban J connectivity index is 1.83. The lowest BCUT2D eigenvalue weighted by atomic mass is 9.98. The topological polar surface area (TPSA) is 92.4 Å². The molecule has 0 aliphatic heterocycles. The van der Waals surface area contributed by atoms with E-state index in [4.69, 9.17) is 4.42 Å². The lowest BCUT2D eigenvalue weighted by Crippen LogP contribution is -2.30. The van der Waals surface area contributed by atoms with Crippen molar-refractivity contribution < 1.29 is 19.1 Å². The van der Waals surface area contributed by atoms with Crippen LogP contribution in [0, 0.1) is 13.8 Å². The van der Waals surface area contributed by atoms with Crippen LogP contribution >= 0.6 is 0 Å². The van der Waals surface area contributed by atoms with E-state index < -0.39 is 17.9 Å². The lowest BCUT2D eigenvalue weighted by Gasteiger charge is -2.18. The number of rotatable bonds is 6. The van der Waals surface area contributed by atoms with E-state index in [-0.39, 0.29) is 12.2 Å². The molecule has 1 aromatic carbocycles. The highest BCUT2D eigenvalue weighted by Crippen LogP contribution is 2.40. The number of carboxylic acids is 1. The molecule has 1 unspecified atom stereocenters. The number of benzene rings is 1. The van der Waals surface area contributed by atoms with Gasteiger partial charge in [-0.1, -0.05) is 24.3 Å². The van der Waals surface area contributed by atoms with E-state index in [1.807, 2.05) is 31.2 Å². The standard InChI is InChI=1S/C18H20N2O4/c1-10-5-3-4-6-13(10)14(9-15(21)22)20-17(23)16-11(2)19-18(24-16)12-7-8-12/h3-6,12,14H,7-9H2,1-2H3,(H,20,23)(H,21,22). The molecule has 126 valence electrons. The summed E-state index contributed by atoms with van der Waals surface area (Å²) in [7, 11) is 0. The van der Waals surface area contributed by atoms with Crippen molar-refractivity contribution in [3.8, 4) is 0 Å². The van der Waals surface area contributed by atoms with E-state index in [2.05, 4.69) is 10.3 Å². The number of carbonyl (C=O) groups excluding carboxylic acids is 1. The van der Waals surface area contributed by atoms with Crippen LogP contribution in [0.3, 0.4) is 0 Å². The number of hydrogen-bond donors (Lipinski definition) is 2. The molecule has 24 heavy (non-hydrogen) atoms. The molecule has 1 atom stereocenters. The second-order valence-corrected chi connectivity index (χ2v) is 6.22. The van der Waals surface area contributed by atoms with E-state index in [1.165, 1.54) is 0 Å². The number of oxazole rings is 1. The van der Waals surface area contributed by atoms with E-state index in [0.717, 1.165) is 24.0 Å². The van der Waals surface area contributed by atoms with Crippen LogP contribution in [0.15, 0.2) is 28.7 Å². The van der Waals surface area contributed by atoms with Crippen molar-refractivity contribution in [2.75, 3.05) is 0 Å². The largest absolute Gasteiger partial charge is 0.481 e. The van der Waals surface area contributed by atoms with Gasteiger partial charge in [-0.05, 0) is 37.8 Å². The minimum Gasteiger partial charge on any atom is -0.481 e. The molecule has 6 heteroatoms. The van der Waals surface area contributed by atoms with Gasteiger partial charge in [0.15, 0.2) is 5.89 Å². The fraction of sp³-hybridized carbons (Fsp3) is 0.389. The third-order valence-electron chi connectivity index (χ3n) is 4.19. The van der Waals surface area contributed by atoms with Crippen molar-refractivity contribution in [1.29, 1.82) is 0 Å². The number of amides is 1. The maximum Gasteiger partial charge on any atom is 0.305 e. The summed E-state index contributed by atoms with van der Waals surface area (Å²) < 4.78 is 5.60. The maximum atomic E-state index is 12.6. The normalized spacial score (nSPS) is 15.1. The molecule has 2 N–H and O–H groups in total. The predicted molar refractivity (Wildman–Crippen MR) is 86.9 cm³/mol. The van der Waals surface area contributed by atoms with Crippen molar-refractivity contribution in [1.82, 2.24) is 10.3 Å². The number of nitrogens with zero attached hydrogens (tertiary/aromatic N) is 1. The zero-order chi connectivity index (χ0) is 17.3. The summed E-state index contributed by atoms with van der Waals surface area (Å²) >= 11 is 0. The molecular formula is C18H20N2O4. The van der Waals surface area contributed by atoms with Crippen LogP contribution in [0.1, 0.15) is 64.5 Å². The molecule has 1 heterocycles. The van der Waals surface area contributed by atoms with Crippen LogP contribution in [-0.2, 0) is 4.79 Å². The Labute approximate surface area is 139 Å². The Morgan fingerprint density at radius 3 is 2.67 bits per heavy atom. The third kappa shape index (κ3) is 3.48. The van der Waals surface area contributed by atoms with Gasteiger partial charge in [0.1, 0.15) is 0 Å². The fourth-order valence-electron chi connectivity index (χ4n) is 2.75. The van der Waals surface area contributed by atoms with E-state index in [0.29, 0.717) is 17.5 Å². The number of aryl methyl sites for hydroxylation is 2. The molecule has 1 saturated carbocycles. The summed E-state index contributed by atoms with van der Waals surface area (Å²) in [5, 5.41) is 12.0. The molecule has 3 rings (SSSR count). The third-order valence-corrected chi connectivity index (χ3v) is 4.19. The molecule has 0 bridgehead atoms. The van der Waals surface area contributed by atoms with Gasteiger partial charge in [-0.2, -0.15) is 0 Å². The Kier molecular flexibility index (Phi) is 4.38. The summed E-state index contributed by atoms with van der Waals surface area (Å²) in [6.07, 6.45) is 1.87. The van der Waals surface area contributed by atoms with Gasteiger partial charge in [-0.15, -0.1) is 0 Å². The monoisotopic (exact) mass is 328 g/mol. The van der Waals surface area contributed by atoms with Gasteiger partial charge < -0.3 is 14.8 Å². The minimum absolute atomic E-state index is 0.167. The molecule has 2 aromatic rings. The summed E-state index contributed by atoms with van der Waals surface area (Å²) in [6, 6.07) is 6.80. The van der Waals surface area contributed by atoms with Crippen molar-refractivity contribution in [2.45, 2.75) is 45.1 Å². The quantitative estimate of drug-likeness (QED) is 0.850. The van der Waals surface area contributed by atoms with Crippen molar-refractivity contribution in [2.24, 2.45) is 0 Å². The average molecular weight is 328 g/mol. The number of carboxylic acid groups (broad SMARTS) is 1. The summed E-state index contributed by atoms with van der Waals surface area (Å²) in [5.41, 5.74) is 2.25. The molecule has 1 aliphatic carbocycles. The Morgan fingerprint density at radius 1 is 1.33 bits per heavy atom. The van der Waals surface area contributed by atoms with E-state index in [9.17, 15) is 14.7 Å². The number of hydrogen-bond acceptors (Lipinski definition) is 4. The SMILES string of the molecule is Cc1ccccc1C(CC(=O)O)NC(=O)c1oc(C2CC2)nc1C. The van der Waals surface area contributed by atoms with Crippen LogP contribution in [0.25, 0.3) is 0 Å². The zero-order valence-corrected chi connectivity index (χ0v) is 13.7. The molecule has 0 saturated heterocycles. The van der Waals surface area contributed by atoms with Crippen LogP contribution in [0.5, 0.6) is 0 Å². The van der Waals surface area contributed by atoms with Crippen molar-refractivity contribution >= 4 is 11.9 Å². The zero-order valence-electron chi connectivity index (χ0n) is 13.7. The van der Waals surface area contributed by atoms with Gasteiger partial charge in [-0.25, -0.2) is 4.98 Å². The molecule has 1 aliphatic rings. The fourth-order valence-corrected chi connectivity index (χ4v) is 2.75. The summed E-state index contributed by atoms with van der Waals surface area (Å²) in [5.74, 6) is -0.321. The van der Waals surface area contributed by atoms with Crippen LogP contribution in [0.4, 0.5) is 0 Å². The number of aromatic nitrogens is 1. The van der Waals surface area contributed by atoms with E-state index >= 15 is 0 Å². The molecule has 1 amide bonds. The molecule has 6 nitrogen and oxygen atoms in total. The highest BCUT2D eigenvalue weighted by molar-refractivity contribution is 5.93. The Bertz CT molecular complexity index is 777. The molecule has 0 radical (unpaired) electrons.